The molecule has 0 radical (unpaired) electrons. The van der Waals surface area contributed by atoms with E-state index in [-0.39, 0.29) is 0 Å². The number of hydrogen-bond donors (Lipinski definition) is 1. The molecule has 0 atom stereocenters. The van der Waals surface area contributed by atoms with Crippen molar-refractivity contribution in [3.05, 3.63) is 10.7 Å². The Kier molecular flexibility index (Phi) is 1.85. The van der Waals surface area contributed by atoms with Crippen LogP contribution >= 0.6 is 11.6 Å². The molecular weight excluding hydrogens is 150 g/mol. The van der Waals surface area contributed by atoms with Gasteiger partial charge in [0.25, 0.3) is 0 Å². The lowest BCUT2D eigenvalue weighted by atomic mass is 10.5. The van der Waals surface area contributed by atoms with E-state index in [1.807, 2.05) is 13.8 Å². The lowest BCUT2D eigenvalue weighted by Gasteiger charge is -1.95. The van der Waals surface area contributed by atoms with Gasteiger partial charge in [0.15, 0.2) is 0 Å². The zero-order valence-electron chi connectivity index (χ0n) is 6.06. The molecule has 2 N–H and O–H groups in total. The van der Waals surface area contributed by atoms with E-state index in [1.165, 1.54) is 0 Å². The van der Waals surface area contributed by atoms with Crippen molar-refractivity contribution in [3.63, 3.8) is 0 Å². The average molecular weight is 160 g/mol. The predicted octanol–water partition coefficient (Wildman–Crippen LogP) is 1.45. The Labute approximate surface area is 64.8 Å². The standard InChI is InChI=1S/C6H10ClN3/c1-3-10-6(8)5(7)4(2)9-10/h3,8H2,1-2H3. The third-order valence-corrected chi connectivity index (χ3v) is 1.86. The number of hydrogen-bond acceptors (Lipinski definition) is 2. The van der Waals surface area contributed by atoms with Crippen LogP contribution in [0.3, 0.4) is 0 Å². The van der Waals surface area contributed by atoms with Gasteiger partial charge in [-0.2, -0.15) is 5.10 Å². The Hall–Kier alpha value is -0.700. The highest BCUT2D eigenvalue weighted by Gasteiger charge is 2.07. The highest BCUT2D eigenvalue weighted by molar-refractivity contribution is 6.33. The summed E-state index contributed by atoms with van der Waals surface area (Å²) in [5, 5.41) is 4.66. The third kappa shape index (κ3) is 0.968. The minimum Gasteiger partial charge on any atom is -0.383 e. The van der Waals surface area contributed by atoms with Gasteiger partial charge < -0.3 is 5.73 Å². The maximum Gasteiger partial charge on any atom is 0.140 e. The van der Waals surface area contributed by atoms with Crippen molar-refractivity contribution in [2.45, 2.75) is 20.4 Å². The molecule has 0 amide bonds. The highest BCUT2D eigenvalue weighted by Crippen LogP contribution is 2.21. The number of nitrogen functional groups attached to an aromatic ring is 1. The topological polar surface area (TPSA) is 43.8 Å². The second-order valence-corrected chi connectivity index (χ2v) is 2.48. The molecule has 56 valence electrons. The van der Waals surface area contributed by atoms with Crippen molar-refractivity contribution in [3.8, 4) is 0 Å². The van der Waals surface area contributed by atoms with Crippen molar-refractivity contribution >= 4 is 17.4 Å². The minimum atomic E-state index is 0.557. The summed E-state index contributed by atoms with van der Waals surface area (Å²) in [4.78, 5) is 0. The quantitative estimate of drug-likeness (QED) is 0.674. The first-order valence-electron chi connectivity index (χ1n) is 3.15. The molecule has 1 aromatic rings. The first kappa shape index (κ1) is 7.41. The van der Waals surface area contributed by atoms with Crippen molar-refractivity contribution < 1.29 is 0 Å². The molecular formula is C6H10ClN3. The van der Waals surface area contributed by atoms with Crippen LogP contribution in [0, 0.1) is 6.92 Å². The molecule has 4 heteroatoms. The number of halogens is 1. The van der Waals surface area contributed by atoms with Crippen LogP contribution in [0.5, 0.6) is 0 Å². The third-order valence-electron chi connectivity index (χ3n) is 1.39. The van der Waals surface area contributed by atoms with E-state index in [0.717, 1.165) is 12.2 Å². The Morgan fingerprint density at radius 3 is 2.50 bits per heavy atom. The molecule has 0 spiro atoms. The summed E-state index contributed by atoms with van der Waals surface area (Å²) >= 11 is 5.77. The monoisotopic (exact) mass is 159 g/mol. The molecule has 0 aliphatic heterocycles. The summed E-state index contributed by atoms with van der Waals surface area (Å²) in [7, 11) is 0. The number of nitrogens with two attached hydrogens (primary N) is 1. The lowest BCUT2D eigenvalue weighted by molar-refractivity contribution is 0.663. The largest absolute Gasteiger partial charge is 0.383 e. The first-order chi connectivity index (χ1) is 4.66. The number of rotatable bonds is 1. The second-order valence-electron chi connectivity index (χ2n) is 2.10. The van der Waals surface area contributed by atoms with E-state index < -0.39 is 0 Å². The smallest absolute Gasteiger partial charge is 0.140 e. The van der Waals surface area contributed by atoms with Gasteiger partial charge in [0.2, 0.25) is 0 Å². The van der Waals surface area contributed by atoms with Crippen LogP contribution in [0.25, 0.3) is 0 Å². The molecule has 1 aromatic heterocycles. The molecule has 0 saturated carbocycles. The maximum atomic E-state index is 5.77. The Bertz CT molecular complexity index is 241. The Morgan fingerprint density at radius 2 is 2.30 bits per heavy atom. The fraction of sp³-hybridized carbons (Fsp3) is 0.500. The Morgan fingerprint density at radius 1 is 1.70 bits per heavy atom. The molecule has 0 unspecified atom stereocenters. The molecule has 0 saturated heterocycles. The lowest BCUT2D eigenvalue weighted by Crippen LogP contribution is -2.01. The van der Waals surface area contributed by atoms with Gasteiger partial charge in [-0.25, -0.2) is 4.68 Å². The maximum absolute atomic E-state index is 5.77. The molecule has 1 heterocycles. The van der Waals surface area contributed by atoms with Gasteiger partial charge in [-0.05, 0) is 13.8 Å². The summed E-state index contributed by atoms with van der Waals surface area (Å²) < 4.78 is 1.68. The van der Waals surface area contributed by atoms with Gasteiger partial charge in [0, 0.05) is 6.54 Å². The number of nitrogens with zero attached hydrogens (tertiary/aromatic N) is 2. The van der Waals surface area contributed by atoms with Crippen LogP contribution < -0.4 is 5.73 Å². The molecule has 1 rings (SSSR count). The zero-order chi connectivity index (χ0) is 7.72. The normalized spacial score (nSPS) is 10.3. The molecule has 10 heavy (non-hydrogen) atoms. The van der Waals surface area contributed by atoms with E-state index in [4.69, 9.17) is 17.3 Å². The summed E-state index contributed by atoms with van der Waals surface area (Å²) in [5.74, 6) is 0.557. The van der Waals surface area contributed by atoms with E-state index in [0.29, 0.717) is 10.8 Å². The van der Waals surface area contributed by atoms with Gasteiger partial charge >= 0.3 is 0 Å². The van der Waals surface area contributed by atoms with E-state index in [1.54, 1.807) is 4.68 Å². The molecule has 0 aliphatic rings. The van der Waals surface area contributed by atoms with Gasteiger partial charge in [-0.15, -0.1) is 0 Å². The predicted molar refractivity (Wildman–Crippen MR) is 42.1 cm³/mol. The van der Waals surface area contributed by atoms with Gasteiger partial charge in [0.05, 0.1) is 5.69 Å². The average Bonchev–Trinajstić information content (AvgIpc) is 2.17. The number of aryl methyl sites for hydroxylation is 2. The molecule has 0 fully saturated rings. The van der Waals surface area contributed by atoms with Crippen LogP contribution in [-0.2, 0) is 6.54 Å². The highest BCUT2D eigenvalue weighted by atomic mass is 35.5. The van der Waals surface area contributed by atoms with Crippen LogP contribution in [0.4, 0.5) is 5.82 Å². The van der Waals surface area contributed by atoms with Crippen LogP contribution in [0.1, 0.15) is 12.6 Å². The van der Waals surface area contributed by atoms with E-state index in [9.17, 15) is 0 Å². The fourth-order valence-corrected chi connectivity index (χ4v) is 0.954. The van der Waals surface area contributed by atoms with Crippen molar-refractivity contribution in [1.82, 2.24) is 9.78 Å². The summed E-state index contributed by atoms with van der Waals surface area (Å²) in [5.41, 5.74) is 6.38. The van der Waals surface area contributed by atoms with Crippen molar-refractivity contribution in [2.24, 2.45) is 0 Å². The Balaban J connectivity index is 3.17. The summed E-state index contributed by atoms with van der Waals surface area (Å²) in [6.07, 6.45) is 0. The summed E-state index contributed by atoms with van der Waals surface area (Å²) in [6, 6.07) is 0. The van der Waals surface area contributed by atoms with Crippen molar-refractivity contribution in [1.29, 1.82) is 0 Å². The zero-order valence-corrected chi connectivity index (χ0v) is 6.81. The van der Waals surface area contributed by atoms with Crippen LogP contribution in [-0.4, -0.2) is 9.78 Å². The van der Waals surface area contributed by atoms with Gasteiger partial charge in [-0.3, -0.25) is 0 Å². The molecule has 0 aromatic carbocycles. The SMILES string of the molecule is CCn1nc(C)c(Cl)c1N. The van der Waals surface area contributed by atoms with Crippen LogP contribution in [0.2, 0.25) is 5.02 Å². The molecule has 0 aliphatic carbocycles. The van der Waals surface area contributed by atoms with Gasteiger partial charge in [0.1, 0.15) is 10.8 Å². The second kappa shape index (κ2) is 2.50. The number of aromatic nitrogens is 2. The van der Waals surface area contributed by atoms with E-state index >= 15 is 0 Å². The number of anilines is 1. The van der Waals surface area contributed by atoms with Crippen LogP contribution in [0.15, 0.2) is 0 Å². The van der Waals surface area contributed by atoms with Gasteiger partial charge in [-0.1, -0.05) is 11.6 Å². The molecule has 3 nitrogen and oxygen atoms in total. The first-order valence-corrected chi connectivity index (χ1v) is 3.53. The summed E-state index contributed by atoms with van der Waals surface area (Å²) in [6.45, 7) is 4.57. The fourth-order valence-electron chi connectivity index (χ4n) is 0.819. The minimum absolute atomic E-state index is 0.557. The van der Waals surface area contributed by atoms with E-state index in [2.05, 4.69) is 5.10 Å². The molecule has 0 bridgehead atoms. The van der Waals surface area contributed by atoms with Crippen molar-refractivity contribution in [2.75, 3.05) is 5.73 Å².